The second-order valence-electron chi connectivity index (χ2n) is 13.1. The molecule has 0 spiro atoms. The van der Waals surface area contributed by atoms with Crippen molar-refractivity contribution >= 4 is 52.5 Å². The van der Waals surface area contributed by atoms with Crippen LogP contribution in [-0.2, 0) is 61.7 Å². The van der Waals surface area contributed by atoms with E-state index in [9.17, 15) is 29.5 Å². The van der Waals surface area contributed by atoms with Gasteiger partial charge in [0.15, 0.2) is 0 Å². The fourth-order valence-corrected chi connectivity index (χ4v) is 6.30. The van der Waals surface area contributed by atoms with Gasteiger partial charge in [-0.15, -0.1) is 0 Å². The molecule has 0 bridgehead atoms. The van der Waals surface area contributed by atoms with Crippen LogP contribution in [0.3, 0.4) is 0 Å². The van der Waals surface area contributed by atoms with Crippen LogP contribution >= 0.6 is 9.12 Å². The summed E-state index contributed by atoms with van der Waals surface area (Å²) >= 11 is 0. The predicted molar refractivity (Wildman–Crippen MR) is 207 cm³/mol. The Bertz CT molecular complexity index is 1760. The minimum atomic E-state index is -1.61. The maximum absolute atomic E-state index is 13.8. The third kappa shape index (κ3) is 13.4. The third-order valence-corrected chi connectivity index (χ3v) is 8.94. The number of nitrogens with zero attached hydrogens (tertiary/aromatic N) is 3. The number of unbranched alkanes of at least 4 members (excludes halogenated alkanes) is 1. The molecule has 21 heteroatoms. The molecule has 2 aliphatic rings. The van der Waals surface area contributed by atoms with E-state index in [0.29, 0.717) is 12.0 Å². The second-order valence-corrected chi connectivity index (χ2v) is 13.4. The normalized spacial score (nSPS) is 25.7. The Morgan fingerprint density at radius 1 is 0.862 bits per heavy atom. The molecule has 0 amide bonds. The van der Waals surface area contributed by atoms with Crippen LogP contribution in [0.5, 0.6) is 0 Å². The zero-order valence-electron chi connectivity index (χ0n) is 32.5. The van der Waals surface area contributed by atoms with Gasteiger partial charge in [0.2, 0.25) is 0 Å². The summed E-state index contributed by atoms with van der Waals surface area (Å²) in [5, 5.41) is 3.80. The Hall–Kier alpha value is -4.70. The molecule has 2 aromatic carbocycles. The van der Waals surface area contributed by atoms with Gasteiger partial charge in [-0.2, -0.15) is 0 Å². The number of carbonyl (C=O) groups is 5. The van der Waals surface area contributed by atoms with Gasteiger partial charge in [0.05, 0.1) is 0 Å². The van der Waals surface area contributed by atoms with E-state index in [0.717, 1.165) is 27.2 Å². The van der Waals surface area contributed by atoms with E-state index < -0.39 is 97.6 Å². The summed E-state index contributed by atoms with van der Waals surface area (Å²) in [7, 11) is 3.69. The van der Waals surface area contributed by atoms with Crippen molar-refractivity contribution in [3.8, 4) is 0 Å². The molecule has 2 aromatic rings. The van der Waals surface area contributed by atoms with Gasteiger partial charge in [0.25, 0.3) is 0 Å². The Morgan fingerprint density at radius 2 is 1.50 bits per heavy atom. The van der Waals surface area contributed by atoms with Crippen molar-refractivity contribution in [2.45, 2.75) is 102 Å². The van der Waals surface area contributed by atoms with Crippen LogP contribution < -0.4 is 0 Å². The number of hydrogen-bond acceptors (Lipinski definition) is 16. The van der Waals surface area contributed by atoms with Crippen LogP contribution in [0.1, 0.15) is 61.3 Å². The molecule has 0 N–H and O–H groups in total. The Morgan fingerprint density at radius 3 is 2.09 bits per heavy atom. The fourth-order valence-electron chi connectivity index (χ4n) is 6.21. The van der Waals surface area contributed by atoms with Crippen molar-refractivity contribution < 1.29 is 71.3 Å². The predicted octanol–water partition coefficient (Wildman–Crippen LogP) is 3.28. The quantitative estimate of drug-likeness (QED) is 0.0290. The van der Waals surface area contributed by atoms with Crippen LogP contribution in [-0.4, -0.2) is 131 Å². The van der Waals surface area contributed by atoms with E-state index in [-0.39, 0.29) is 25.4 Å². The molecule has 2 fully saturated rings. The SMILES string of the molecule is CCCCO[C@@H](COC(=O)c1ccccc1)C1OC[C@H](O[C@H]2O[C@H](COC(C)=O)[C@@H](OC(C)=O)C(OC(C)=O)C2N=[N+]=[N-])C(OC(=O)c2ccccc2)[C@@H]1OB=BP. The van der Waals surface area contributed by atoms with Gasteiger partial charge in [-0.05, 0) is 0 Å². The molecule has 4 rings (SSSR count). The van der Waals surface area contributed by atoms with Gasteiger partial charge in [0, 0.05) is 0 Å². The van der Waals surface area contributed by atoms with Gasteiger partial charge < -0.3 is 0 Å². The Labute approximate surface area is 338 Å². The molecule has 11 atom stereocenters. The molecular formula is C37H46B2N3O15P. The van der Waals surface area contributed by atoms with Crippen LogP contribution in [0.15, 0.2) is 65.8 Å². The number of hydrogen-bond donors (Lipinski definition) is 0. The number of carbonyl (C=O) groups excluding carboxylic acids is 5. The average molecular weight is 825 g/mol. The standard InChI is InChI=1S/C37H46B2N3O15P/c1-5-6-17-48-26(18-51-35(46)24-13-9-7-10-14-24)30-34(57-38-39-58)32(56-36(47)25-15-11-8-12-16-25)28(20-50-30)55-37-29(41-42-40)33(53-23(4)45)31(52-22(3)44)27(54-37)19-49-21(2)43/h7-16,26-34,37H,5-6,17-20,58H2,1-4H3/t26-,27+,28-,29?,30?,31+,32?,33?,34+,37+/m0/s1. The number of azide groups is 1. The molecule has 0 aromatic heterocycles. The average Bonchev–Trinajstić information content (AvgIpc) is 3.20. The summed E-state index contributed by atoms with van der Waals surface area (Å²) in [6.45, 7) is 6.01. The van der Waals surface area contributed by atoms with Crippen molar-refractivity contribution in [2.75, 3.05) is 26.4 Å². The molecule has 0 aliphatic carbocycles. The van der Waals surface area contributed by atoms with Gasteiger partial charge >= 0.3 is 339 Å². The molecule has 2 aliphatic heterocycles. The first-order valence-corrected chi connectivity index (χ1v) is 19.2. The van der Waals surface area contributed by atoms with Crippen molar-refractivity contribution in [2.24, 2.45) is 5.11 Å². The first-order chi connectivity index (χ1) is 28.0. The van der Waals surface area contributed by atoms with E-state index in [1.807, 2.05) is 6.92 Å². The molecule has 18 nitrogen and oxygen atoms in total. The molecule has 310 valence electrons. The monoisotopic (exact) mass is 825 g/mol. The number of rotatable bonds is 19. The summed E-state index contributed by atoms with van der Waals surface area (Å²) in [4.78, 5) is 66.2. The van der Waals surface area contributed by atoms with E-state index in [4.69, 9.17) is 47.3 Å². The summed E-state index contributed by atoms with van der Waals surface area (Å²) in [6.07, 6.45) is -10.2. The van der Waals surface area contributed by atoms with Gasteiger partial charge in [0.1, 0.15) is 0 Å². The summed E-state index contributed by atoms with van der Waals surface area (Å²) in [6, 6.07) is 15.0. The first kappa shape index (κ1) is 46.0. The topological polar surface area (TPSA) is 226 Å². The van der Waals surface area contributed by atoms with Crippen molar-refractivity contribution in [1.82, 2.24) is 0 Å². The van der Waals surface area contributed by atoms with E-state index in [1.165, 1.54) is 13.5 Å². The van der Waals surface area contributed by atoms with Gasteiger partial charge in [-0.3, -0.25) is 0 Å². The number of ether oxygens (including phenoxy) is 9. The van der Waals surface area contributed by atoms with Crippen molar-refractivity contribution in [3.05, 3.63) is 82.2 Å². The van der Waals surface area contributed by atoms with E-state index in [2.05, 4.69) is 19.1 Å². The molecule has 2 saturated heterocycles. The van der Waals surface area contributed by atoms with Crippen molar-refractivity contribution in [3.63, 3.8) is 0 Å². The molecule has 0 radical (unpaired) electrons. The van der Waals surface area contributed by atoms with Crippen LogP contribution in [0.4, 0.5) is 0 Å². The van der Waals surface area contributed by atoms with Gasteiger partial charge in [-0.25, -0.2) is 0 Å². The third-order valence-electron chi connectivity index (χ3n) is 8.78. The molecule has 2 heterocycles. The zero-order chi connectivity index (χ0) is 42.0. The van der Waals surface area contributed by atoms with Crippen LogP contribution in [0.2, 0.25) is 0 Å². The molecule has 0 saturated carbocycles. The number of esters is 5. The molecular weight excluding hydrogens is 779 g/mol. The van der Waals surface area contributed by atoms with E-state index >= 15 is 0 Å². The van der Waals surface area contributed by atoms with Crippen LogP contribution in [0, 0.1) is 0 Å². The van der Waals surface area contributed by atoms with E-state index in [1.54, 1.807) is 60.7 Å². The Balaban J connectivity index is 1.75. The maximum atomic E-state index is 13.8. The first-order valence-electron chi connectivity index (χ1n) is 18.5. The molecule has 5 unspecified atom stereocenters. The van der Waals surface area contributed by atoms with Crippen molar-refractivity contribution in [1.29, 1.82) is 0 Å². The van der Waals surface area contributed by atoms with Crippen LogP contribution in [0.25, 0.3) is 10.4 Å². The molecule has 58 heavy (non-hydrogen) atoms. The zero-order valence-corrected chi connectivity index (χ0v) is 33.6. The second kappa shape index (κ2) is 23.6. The number of benzene rings is 2. The summed E-state index contributed by atoms with van der Waals surface area (Å²) in [5.74, 6) is -3.70. The van der Waals surface area contributed by atoms with Gasteiger partial charge in [-0.1, -0.05) is 0 Å². The summed E-state index contributed by atoms with van der Waals surface area (Å²) < 4.78 is 59.4. The minimum absolute atomic E-state index is 0.193. The summed E-state index contributed by atoms with van der Waals surface area (Å²) in [5.41, 5.74) is 10.2. The Kier molecular flexibility index (Phi) is 18.7. The fraction of sp³-hybridized carbons (Fsp3) is 0.541.